The standard InChI is InChI=1S/C10H10N2O2/c1-8-5-9(12-14-8)7-13-10-3-2-4-11-6-10/h2-6H,7H2,1H3. The molecule has 14 heavy (non-hydrogen) atoms. The zero-order chi connectivity index (χ0) is 9.80. The van der Waals surface area contributed by atoms with Crippen molar-refractivity contribution in [1.29, 1.82) is 0 Å². The molecule has 2 aromatic heterocycles. The van der Waals surface area contributed by atoms with E-state index in [2.05, 4.69) is 10.1 Å². The molecule has 0 radical (unpaired) electrons. The second-order valence-corrected chi connectivity index (χ2v) is 2.91. The largest absolute Gasteiger partial charge is 0.486 e. The number of aryl methyl sites for hydroxylation is 1. The molecule has 2 aromatic rings. The lowest BCUT2D eigenvalue weighted by Gasteiger charge is -2.01. The van der Waals surface area contributed by atoms with E-state index >= 15 is 0 Å². The molecule has 72 valence electrons. The minimum atomic E-state index is 0.406. The minimum Gasteiger partial charge on any atom is -0.486 e. The van der Waals surface area contributed by atoms with Gasteiger partial charge in [0, 0.05) is 12.3 Å². The lowest BCUT2D eigenvalue weighted by atomic mass is 10.4. The molecule has 0 spiro atoms. The van der Waals surface area contributed by atoms with Gasteiger partial charge in [-0.3, -0.25) is 4.98 Å². The highest BCUT2D eigenvalue weighted by atomic mass is 16.5. The summed E-state index contributed by atoms with van der Waals surface area (Å²) in [7, 11) is 0. The number of pyridine rings is 1. The van der Waals surface area contributed by atoms with Gasteiger partial charge in [-0.05, 0) is 19.1 Å². The van der Waals surface area contributed by atoms with Gasteiger partial charge in [-0.1, -0.05) is 5.16 Å². The minimum absolute atomic E-state index is 0.406. The number of hydrogen-bond donors (Lipinski definition) is 0. The molecule has 0 amide bonds. The zero-order valence-corrected chi connectivity index (χ0v) is 7.80. The van der Waals surface area contributed by atoms with Crippen LogP contribution in [-0.2, 0) is 6.61 Å². The third-order valence-electron chi connectivity index (χ3n) is 1.70. The SMILES string of the molecule is Cc1cc(COc2cccnc2)no1. The highest BCUT2D eigenvalue weighted by Crippen LogP contribution is 2.09. The fourth-order valence-electron chi connectivity index (χ4n) is 1.08. The Morgan fingerprint density at radius 2 is 2.43 bits per heavy atom. The quantitative estimate of drug-likeness (QED) is 0.742. The molecule has 0 aliphatic rings. The fraction of sp³-hybridized carbons (Fsp3) is 0.200. The Morgan fingerprint density at radius 3 is 3.07 bits per heavy atom. The summed E-state index contributed by atoms with van der Waals surface area (Å²) in [6.07, 6.45) is 3.36. The van der Waals surface area contributed by atoms with Crippen molar-refractivity contribution < 1.29 is 9.26 Å². The first-order valence-electron chi connectivity index (χ1n) is 4.29. The van der Waals surface area contributed by atoms with Gasteiger partial charge in [0.25, 0.3) is 0 Å². The summed E-state index contributed by atoms with van der Waals surface area (Å²) >= 11 is 0. The van der Waals surface area contributed by atoms with E-state index in [4.69, 9.17) is 9.26 Å². The van der Waals surface area contributed by atoms with Crippen LogP contribution in [0.4, 0.5) is 0 Å². The average molecular weight is 190 g/mol. The highest BCUT2D eigenvalue weighted by molar-refractivity contribution is 5.16. The van der Waals surface area contributed by atoms with Crippen molar-refractivity contribution in [1.82, 2.24) is 10.1 Å². The number of hydrogen-bond acceptors (Lipinski definition) is 4. The van der Waals surface area contributed by atoms with Gasteiger partial charge >= 0.3 is 0 Å². The molecular formula is C10H10N2O2. The molecule has 0 saturated heterocycles. The van der Waals surface area contributed by atoms with E-state index in [-0.39, 0.29) is 0 Å². The van der Waals surface area contributed by atoms with Gasteiger partial charge in [-0.25, -0.2) is 0 Å². The fourth-order valence-corrected chi connectivity index (χ4v) is 1.08. The van der Waals surface area contributed by atoms with Crippen molar-refractivity contribution in [2.24, 2.45) is 0 Å². The van der Waals surface area contributed by atoms with E-state index in [0.29, 0.717) is 6.61 Å². The highest BCUT2D eigenvalue weighted by Gasteiger charge is 2.00. The first kappa shape index (κ1) is 8.74. The Morgan fingerprint density at radius 1 is 1.50 bits per heavy atom. The van der Waals surface area contributed by atoms with Crippen LogP contribution in [0.3, 0.4) is 0 Å². The van der Waals surface area contributed by atoms with Gasteiger partial charge in [-0.2, -0.15) is 0 Å². The molecule has 0 aliphatic heterocycles. The van der Waals surface area contributed by atoms with Crippen LogP contribution in [0.1, 0.15) is 11.5 Å². The van der Waals surface area contributed by atoms with E-state index in [0.717, 1.165) is 17.2 Å². The summed E-state index contributed by atoms with van der Waals surface area (Å²) in [5, 5.41) is 3.81. The van der Waals surface area contributed by atoms with Gasteiger partial charge in [-0.15, -0.1) is 0 Å². The molecule has 0 fully saturated rings. The maximum atomic E-state index is 5.42. The van der Waals surface area contributed by atoms with Crippen LogP contribution >= 0.6 is 0 Å². The number of aromatic nitrogens is 2. The van der Waals surface area contributed by atoms with Crippen molar-refractivity contribution in [3.05, 3.63) is 42.0 Å². The molecule has 4 heteroatoms. The normalized spacial score (nSPS) is 10.1. The molecule has 0 aliphatic carbocycles. The summed E-state index contributed by atoms with van der Waals surface area (Å²) < 4.78 is 10.3. The summed E-state index contributed by atoms with van der Waals surface area (Å²) in [4.78, 5) is 3.93. The second kappa shape index (κ2) is 3.91. The maximum absolute atomic E-state index is 5.42. The Bertz CT molecular complexity index is 398. The van der Waals surface area contributed by atoms with Crippen LogP contribution in [-0.4, -0.2) is 10.1 Å². The summed E-state index contributed by atoms with van der Waals surface area (Å²) in [5.41, 5.74) is 0.784. The molecule has 0 N–H and O–H groups in total. The molecular weight excluding hydrogens is 180 g/mol. The molecule has 0 unspecified atom stereocenters. The van der Waals surface area contributed by atoms with Crippen molar-refractivity contribution in [3.63, 3.8) is 0 Å². The molecule has 0 bridgehead atoms. The topological polar surface area (TPSA) is 48.2 Å². The van der Waals surface area contributed by atoms with E-state index < -0.39 is 0 Å². The number of rotatable bonds is 3. The Hall–Kier alpha value is -1.84. The van der Waals surface area contributed by atoms with Crippen molar-refractivity contribution >= 4 is 0 Å². The predicted molar refractivity (Wildman–Crippen MR) is 49.8 cm³/mol. The maximum Gasteiger partial charge on any atom is 0.138 e. The van der Waals surface area contributed by atoms with Gasteiger partial charge in [0.1, 0.15) is 23.8 Å². The van der Waals surface area contributed by atoms with Crippen LogP contribution in [0.2, 0.25) is 0 Å². The van der Waals surface area contributed by atoms with Crippen molar-refractivity contribution in [3.8, 4) is 5.75 Å². The lowest BCUT2D eigenvalue weighted by molar-refractivity contribution is 0.287. The molecule has 2 heterocycles. The van der Waals surface area contributed by atoms with E-state index in [9.17, 15) is 0 Å². The number of nitrogens with zero attached hydrogens (tertiary/aromatic N) is 2. The third-order valence-corrected chi connectivity index (χ3v) is 1.70. The summed E-state index contributed by atoms with van der Waals surface area (Å²) in [6, 6.07) is 5.51. The smallest absolute Gasteiger partial charge is 0.138 e. The monoisotopic (exact) mass is 190 g/mol. The van der Waals surface area contributed by atoms with Crippen LogP contribution in [0, 0.1) is 6.92 Å². The second-order valence-electron chi connectivity index (χ2n) is 2.91. The first-order chi connectivity index (χ1) is 6.84. The Balaban J connectivity index is 1.95. The van der Waals surface area contributed by atoms with Crippen LogP contribution < -0.4 is 4.74 Å². The Kier molecular flexibility index (Phi) is 2.44. The zero-order valence-electron chi connectivity index (χ0n) is 7.80. The van der Waals surface area contributed by atoms with Crippen molar-refractivity contribution in [2.45, 2.75) is 13.5 Å². The van der Waals surface area contributed by atoms with Crippen LogP contribution in [0.15, 0.2) is 35.1 Å². The lowest BCUT2D eigenvalue weighted by Crippen LogP contribution is -1.95. The van der Waals surface area contributed by atoms with Crippen LogP contribution in [0.5, 0.6) is 5.75 Å². The van der Waals surface area contributed by atoms with E-state index in [1.54, 1.807) is 12.4 Å². The molecule has 0 aromatic carbocycles. The predicted octanol–water partition coefficient (Wildman–Crippen LogP) is 1.96. The summed E-state index contributed by atoms with van der Waals surface area (Å²) in [6.45, 7) is 2.25. The molecule has 0 atom stereocenters. The van der Waals surface area contributed by atoms with Gasteiger partial charge in [0.15, 0.2) is 0 Å². The van der Waals surface area contributed by atoms with Gasteiger partial charge in [0.05, 0.1) is 6.20 Å². The Labute approximate surface area is 81.5 Å². The van der Waals surface area contributed by atoms with Gasteiger partial charge in [0.2, 0.25) is 0 Å². The van der Waals surface area contributed by atoms with Crippen molar-refractivity contribution in [2.75, 3.05) is 0 Å². The average Bonchev–Trinajstić information content (AvgIpc) is 2.63. The van der Waals surface area contributed by atoms with E-state index in [1.165, 1.54) is 0 Å². The van der Waals surface area contributed by atoms with Gasteiger partial charge < -0.3 is 9.26 Å². The molecule has 2 rings (SSSR count). The van der Waals surface area contributed by atoms with E-state index in [1.807, 2.05) is 25.1 Å². The number of ether oxygens (including phenoxy) is 1. The van der Waals surface area contributed by atoms with Crippen LogP contribution in [0.25, 0.3) is 0 Å². The summed E-state index contributed by atoms with van der Waals surface area (Å²) in [5.74, 6) is 1.52. The first-order valence-corrected chi connectivity index (χ1v) is 4.29. The third kappa shape index (κ3) is 2.10. The molecule has 0 saturated carbocycles. The molecule has 4 nitrogen and oxygen atoms in total.